The van der Waals surface area contributed by atoms with Crippen LogP contribution in [-0.4, -0.2) is 270 Å². The minimum absolute atomic E-state index is 0.00420. The van der Waals surface area contributed by atoms with Crippen LogP contribution in [0.2, 0.25) is 0 Å². The number of aliphatic carboxylic acids is 1. The van der Waals surface area contributed by atoms with Crippen molar-refractivity contribution in [1.29, 1.82) is 0 Å². The Morgan fingerprint density at radius 1 is 0.429 bits per heavy atom. The topological polar surface area (TPSA) is 678 Å². The smallest absolute Gasteiger partial charge is 0.326 e. The number of rotatable bonds is 63. The number of carboxylic acid groups (broad SMARTS) is 1. The van der Waals surface area contributed by atoms with E-state index in [1.54, 1.807) is 109 Å². The number of aliphatic imine (C=N–C) groups is 1. The molecule has 17 amide bonds. The second-order valence-electron chi connectivity index (χ2n) is 34.2. The Labute approximate surface area is 750 Å². The monoisotopic (exact) mass is 1820 g/mol. The normalized spacial score (nSPS) is 17.7. The third kappa shape index (κ3) is 40.7. The summed E-state index contributed by atoms with van der Waals surface area (Å²) in [6, 6.07) is -17.4. The summed E-state index contributed by atoms with van der Waals surface area (Å²) < 4.78 is 0. The van der Waals surface area contributed by atoms with E-state index in [9.17, 15) is 91.7 Å². The van der Waals surface area contributed by atoms with Crippen molar-refractivity contribution in [2.24, 2.45) is 75.1 Å². The van der Waals surface area contributed by atoms with Gasteiger partial charge in [0.2, 0.25) is 88.6 Å². The van der Waals surface area contributed by atoms with E-state index in [1.807, 2.05) is 0 Å². The molecule has 0 aliphatic carbocycles. The van der Waals surface area contributed by atoms with Gasteiger partial charge < -0.3 is 129 Å². The van der Waals surface area contributed by atoms with Crippen LogP contribution >= 0.6 is 24.4 Å². The molecule has 2 aliphatic heterocycles. The SMILES string of the molecule is CC[C@@H](C)[C@@H](NC(=O)[C@H](NC(=O)[C@@H](CC(C)C)NC(=O)[C@@H](CO)NC(=O)CNC(=O)[C@@H](CCCCN)NC(=O)CCCC[C@@H]1SC[C@@H]2NC(=O)N[C@@H]21)C(C)C)C(=O)N[C@@H](CCCN=C(N)N)C(=O)NCC(=O)N[C@@H](C(=O)N[C@@H](C(=O)N[C@@H](C(=O)N[C@@H](C(=O)N[C@@H](CS)C(=O)N[C@@H](CCCCN)C(=O)N[C@@H](CCCCN)C(=O)O)C(C)C)C(C)C)[C@H](C)CC)C(C)C. The molecule has 0 aromatic heterocycles. The fourth-order valence-electron chi connectivity index (χ4n) is 13.8. The van der Waals surface area contributed by atoms with E-state index >= 15 is 0 Å². The van der Waals surface area contributed by atoms with Crippen LogP contribution < -0.4 is 119 Å². The first kappa shape index (κ1) is 113. The van der Waals surface area contributed by atoms with Crippen LogP contribution in [0.3, 0.4) is 0 Å². The number of aliphatic hydroxyl groups excluding tert-OH is 1. The highest BCUT2D eigenvalue weighted by atomic mass is 32.2. The van der Waals surface area contributed by atoms with Crippen molar-refractivity contribution in [2.75, 3.05) is 57.4 Å². The minimum Gasteiger partial charge on any atom is -0.480 e. The third-order valence-electron chi connectivity index (χ3n) is 21.8. The molecule has 44 heteroatoms. The molecule has 42 nitrogen and oxygen atoms in total. The maximum atomic E-state index is 14.6. The lowest BCUT2D eigenvalue weighted by molar-refractivity contribution is -0.142. The van der Waals surface area contributed by atoms with Crippen LogP contribution in [0, 0.1) is 41.4 Å². The second-order valence-corrected chi connectivity index (χ2v) is 35.8. The molecule has 0 radical (unpaired) electrons. The molecule has 2 aliphatic rings. The van der Waals surface area contributed by atoms with Crippen molar-refractivity contribution in [1.82, 2.24) is 90.4 Å². The maximum Gasteiger partial charge on any atom is 0.326 e. The third-order valence-corrected chi connectivity index (χ3v) is 23.7. The van der Waals surface area contributed by atoms with E-state index < -0.39 is 222 Å². The Morgan fingerprint density at radius 3 is 1.25 bits per heavy atom. The summed E-state index contributed by atoms with van der Waals surface area (Å²) in [5, 5.41) is 65.5. The lowest BCUT2D eigenvalue weighted by Crippen LogP contribution is -2.62. The first-order valence-electron chi connectivity index (χ1n) is 44.2. The van der Waals surface area contributed by atoms with Gasteiger partial charge in [0.15, 0.2) is 5.96 Å². The number of carbonyl (C=O) groups is 17. The van der Waals surface area contributed by atoms with Gasteiger partial charge in [-0.2, -0.15) is 24.4 Å². The van der Waals surface area contributed by atoms with Gasteiger partial charge in [-0.05, 0) is 151 Å². The maximum absolute atomic E-state index is 14.6. The van der Waals surface area contributed by atoms with Crippen LogP contribution in [-0.2, 0) is 76.7 Å². The van der Waals surface area contributed by atoms with Crippen LogP contribution in [0.5, 0.6) is 0 Å². The number of nitrogens with one attached hydrogen (secondary N) is 17. The Bertz CT molecular complexity index is 3580. The number of guanidine groups is 1. The van der Waals surface area contributed by atoms with Gasteiger partial charge in [0.1, 0.15) is 78.5 Å². The number of hydrogen-bond acceptors (Lipinski definition) is 24. The number of carboxylic acids is 1. The number of urea groups is 1. The average molecular weight is 1830 g/mol. The lowest BCUT2D eigenvalue weighted by Gasteiger charge is -2.31. The van der Waals surface area contributed by atoms with Crippen molar-refractivity contribution in [3.63, 3.8) is 0 Å². The predicted molar refractivity (Wildman–Crippen MR) is 480 cm³/mol. The molecule has 2 saturated heterocycles. The number of thiol groups is 1. The van der Waals surface area contributed by atoms with Crippen LogP contribution in [0.25, 0.3) is 0 Å². The number of hydrogen-bond donors (Lipinski definition) is 25. The van der Waals surface area contributed by atoms with Crippen molar-refractivity contribution < 1.29 is 91.7 Å². The van der Waals surface area contributed by atoms with Crippen molar-refractivity contribution in [2.45, 2.75) is 308 Å². The van der Waals surface area contributed by atoms with Crippen molar-refractivity contribution >= 4 is 131 Å². The number of aliphatic hydroxyl groups is 1. The van der Waals surface area contributed by atoms with E-state index in [1.165, 1.54) is 0 Å². The lowest BCUT2D eigenvalue weighted by atomic mass is 9.95. The Morgan fingerprint density at radius 2 is 0.794 bits per heavy atom. The molecule has 2 fully saturated rings. The van der Waals surface area contributed by atoms with Crippen molar-refractivity contribution in [3.8, 4) is 0 Å². The summed E-state index contributed by atoms with van der Waals surface area (Å²) in [7, 11) is 0. The summed E-state index contributed by atoms with van der Waals surface area (Å²) in [5.74, 6) is -17.1. The standard InChI is InChI=1S/C82H149N23O19S2/c1-15-47(13)65(103-77(119)63(45(9)10)100-71(113)53(36-42(3)4)96-72(114)54(39-106)92-59(108)37-89-68(110)49(26-19-22-32-83)91-58(107)31-18-17-30-57-67-56(41-126-57)98-82(124)105-67)78(120)94-50(29-25-35-88-81(86)87)69(111)90-38-60(109)99-61(43(5)6)75(117)104-66(48(14)16-2)79(121)102-64(46(11)12)76(118)101-62(44(7)8)74(116)97-55(40-125)73(115)93-51(27-20-23-33-84)70(112)95-52(80(122)123)28-21-24-34-85/h42-57,61-67,106,125H,15-41,83-85H2,1-14H3,(H,89,110)(H,90,111)(H,91,107)(H,92,108)(H,93,115)(H,94,120)(H,95,112)(H,96,114)(H,97,116)(H,99,109)(H,100,113)(H,101,118)(H,102,121)(H,103,119)(H,104,117)(H,122,123)(H4,86,87,88)(H2,98,105,124)/t47-,48-,49-,50+,51+,52+,53-,54-,55+,56+,57+,61-,62-,63-,64-,65-,66-,67+/m1/s1. The molecule has 2 heterocycles. The highest BCUT2D eigenvalue weighted by molar-refractivity contribution is 8.00. The number of amides is 17. The highest BCUT2D eigenvalue weighted by Crippen LogP contribution is 2.33. The van der Waals surface area contributed by atoms with Gasteiger partial charge in [0.05, 0.1) is 31.8 Å². The predicted octanol–water partition coefficient (Wildman–Crippen LogP) is -3.54. The van der Waals surface area contributed by atoms with Gasteiger partial charge in [-0.3, -0.25) is 76.9 Å². The number of unbranched alkanes of at least 4 members (excludes halogenated alkanes) is 4. The molecular weight excluding hydrogens is 1680 g/mol. The summed E-state index contributed by atoms with van der Waals surface area (Å²) in [6.45, 7) is 21.9. The molecular formula is C82H149N23O19S2. The first-order valence-corrected chi connectivity index (χ1v) is 45.9. The zero-order chi connectivity index (χ0) is 95.2. The molecule has 126 heavy (non-hydrogen) atoms. The van der Waals surface area contributed by atoms with Gasteiger partial charge in [0, 0.05) is 29.7 Å². The van der Waals surface area contributed by atoms with Gasteiger partial charge in [0.25, 0.3) is 0 Å². The van der Waals surface area contributed by atoms with Crippen LogP contribution in [0.1, 0.15) is 213 Å². The fraction of sp³-hybridized carbons (Fsp3) is 0.780. The molecule has 0 aromatic rings. The molecule has 0 spiro atoms. The van der Waals surface area contributed by atoms with Gasteiger partial charge in [-0.1, -0.05) is 116 Å². The van der Waals surface area contributed by atoms with Gasteiger partial charge in [-0.15, -0.1) is 0 Å². The molecule has 718 valence electrons. The number of nitrogens with zero attached hydrogens (tertiary/aromatic N) is 1. The zero-order valence-electron chi connectivity index (χ0n) is 75.9. The molecule has 0 aromatic carbocycles. The Balaban J connectivity index is 2.26. The molecule has 18 atom stereocenters. The van der Waals surface area contributed by atoms with E-state index in [4.69, 9.17) is 28.7 Å². The van der Waals surface area contributed by atoms with Crippen LogP contribution in [0.4, 0.5) is 4.79 Å². The molecule has 2 rings (SSSR count). The molecule has 0 unspecified atom stereocenters. The average Bonchev–Trinajstić information content (AvgIpc) is 1.65. The molecule has 0 saturated carbocycles. The van der Waals surface area contributed by atoms with Gasteiger partial charge in [-0.25, -0.2) is 9.59 Å². The quantitative estimate of drug-likeness (QED) is 0.00922. The highest BCUT2D eigenvalue weighted by Gasteiger charge is 2.44. The van der Waals surface area contributed by atoms with E-state index in [2.05, 4.69) is 108 Å². The van der Waals surface area contributed by atoms with Crippen molar-refractivity contribution in [3.05, 3.63) is 0 Å². The zero-order valence-corrected chi connectivity index (χ0v) is 77.6. The van der Waals surface area contributed by atoms with Crippen LogP contribution in [0.15, 0.2) is 4.99 Å². The Kier molecular flexibility index (Phi) is 53.3. The first-order chi connectivity index (χ1) is 59.4. The number of fused-ring (bicyclic) bond motifs is 1. The summed E-state index contributed by atoms with van der Waals surface area (Å²) in [6.07, 6.45) is 5.97. The fourth-order valence-corrected chi connectivity index (χ4v) is 15.6. The van der Waals surface area contributed by atoms with E-state index in [-0.39, 0.29) is 105 Å². The minimum atomic E-state index is -1.64. The summed E-state index contributed by atoms with van der Waals surface area (Å²) >= 11 is 6.06. The van der Waals surface area contributed by atoms with Gasteiger partial charge >= 0.3 is 12.0 Å². The largest absolute Gasteiger partial charge is 0.480 e. The summed E-state index contributed by atoms with van der Waals surface area (Å²) in [5.41, 5.74) is 28.1. The Hall–Kier alpha value is -9.40. The number of nitrogens with two attached hydrogens (primary N) is 5. The van der Waals surface area contributed by atoms with E-state index in [0.29, 0.717) is 77.3 Å². The number of carbonyl (C=O) groups excluding carboxylic acids is 16. The molecule has 29 N–H and O–H groups in total. The second kappa shape index (κ2) is 59.6. The number of thioether (sulfide) groups is 1. The van der Waals surface area contributed by atoms with E-state index in [0.717, 1.165) is 12.2 Å². The molecule has 0 bridgehead atoms. The summed E-state index contributed by atoms with van der Waals surface area (Å²) in [4.78, 5) is 238.